The Labute approximate surface area is 89.7 Å². The molecule has 0 aromatic carbocycles. The standard InChI is InChI=1S/C9H16NO4P/c1-3-13-15(11,14-4-2)8-10-9-6-5-7-12-9/h5-6H,3-4,7-8H2,1-2H3. The second-order valence-electron chi connectivity index (χ2n) is 2.80. The average molecular weight is 233 g/mol. The third-order valence-corrected chi connectivity index (χ3v) is 3.43. The number of ether oxygens (including phenoxy) is 1. The predicted molar refractivity (Wildman–Crippen MR) is 58.3 cm³/mol. The van der Waals surface area contributed by atoms with Gasteiger partial charge in [0, 0.05) is 0 Å². The first-order chi connectivity index (χ1) is 7.20. The van der Waals surface area contributed by atoms with Crippen molar-refractivity contribution >= 4 is 13.5 Å². The summed E-state index contributed by atoms with van der Waals surface area (Å²) in [4.78, 5) is 4.03. The van der Waals surface area contributed by atoms with Gasteiger partial charge in [-0.05, 0) is 26.0 Å². The molecule has 15 heavy (non-hydrogen) atoms. The highest BCUT2D eigenvalue weighted by Gasteiger charge is 2.23. The van der Waals surface area contributed by atoms with E-state index in [0.29, 0.717) is 25.7 Å². The number of nitrogens with zero attached hydrogens (tertiary/aromatic N) is 1. The zero-order valence-electron chi connectivity index (χ0n) is 9.01. The molecule has 0 unspecified atom stereocenters. The first kappa shape index (κ1) is 12.4. The molecule has 0 aliphatic carbocycles. The van der Waals surface area contributed by atoms with Crippen molar-refractivity contribution in [3.05, 3.63) is 12.2 Å². The minimum absolute atomic E-state index is 0.00829. The lowest BCUT2D eigenvalue weighted by Gasteiger charge is -2.14. The maximum Gasteiger partial charge on any atom is 0.352 e. The van der Waals surface area contributed by atoms with Crippen LogP contribution in [0.2, 0.25) is 0 Å². The molecule has 1 aliphatic heterocycles. The van der Waals surface area contributed by atoms with E-state index in [2.05, 4.69) is 4.99 Å². The molecular weight excluding hydrogens is 217 g/mol. The topological polar surface area (TPSA) is 57.1 Å². The van der Waals surface area contributed by atoms with Gasteiger partial charge in [0.2, 0.25) is 5.90 Å². The lowest BCUT2D eigenvalue weighted by atomic mass is 10.6. The molecule has 6 heteroatoms. The minimum atomic E-state index is -3.07. The van der Waals surface area contributed by atoms with Crippen molar-refractivity contribution in [1.82, 2.24) is 0 Å². The molecule has 0 bridgehead atoms. The van der Waals surface area contributed by atoms with Crippen LogP contribution in [0.15, 0.2) is 17.1 Å². The quantitative estimate of drug-likeness (QED) is 0.660. The summed E-state index contributed by atoms with van der Waals surface area (Å²) in [6, 6.07) is 0. The zero-order valence-corrected chi connectivity index (χ0v) is 9.90. The summed E-state index contributed by atoms with van der Waals surface area (Å²) >= 11 is 0. The van der Waals surface area contributed by atoms with Crippen LogP contribution < -0.4 is 0 Å². The van der Waals surface area contributed by atoms with Crippen LogP contribution in [0.4, 0.5) is 0 Å². The van der Waals surface area contributed by atoms with E-state index in [4.69, 9.17) is 13.8 Å². The van der Waals surface area contributed by atoms with Gasteiger partial charge in [0.15, 0.2) is 0 Å². The Bertz CT molecular complexity index is 290. The van der Waals surface area contributed by atoms with Crippen molar-refractivity contribution in [1.29, 1.82) is 0 Å². The molecule has 0 aromatic rings. The molecule has 0 saturated heterocycles. The summed E-state index contributed by atoms with van der Waals surface area (Å²) in [6.45, 7) is 4.75. The molecule has 86 valence electrons. The van der Waals surface area contributed by atoms with E-state index in [1.165, 1.54) is 0 Å². The third-order valence-electron chi connectivity index (χ3n) is 1.64. The van der Waals surface area contributed by atoms with Crippen molar-refractivity contribution in [2.24, 2.45) is 4.99 Å². The molecule has 0 aromatic heterocycles. The fraction of sp³-hybridized carbons (Fsp3) is 0.667. The largest absolute Gasteiger partial charge is 0.474 e. The molecular formula is C9H16NO4P. The molecule has 0 radical (unpaired) electrons. The van der Waals surface area contributed by atoms with Crippen molar-refractivity contribution in [2.45, 2.75) is 13.8 Å². The molecule has 0 spiro atoms. The first-order valence-electron chi connectivity index (χ1n) is 4.92. The van der Waals surface area contributed by atoms with Crippen LogP contribution in [-0.4, -0.2) is 32.0 Å². The summed E-state index contributed by atoms with van der Waals surface area (Å²) in [5.74, 6) is 0.481. The number of rotatable bonds is 6. The van der Waals surface area contributed by atoms with Crippen LogP contribution >= 0.6 is 7.60 Å². The second kappa shape index (κ2) is 6.05. The number of hydrogen-bond donors (Lipinski definition) is 0. The highest BCUT2D eigenvalue weighted by molar-refractivity contribution is 7.53. The van der Waals surface area contributed by atoms with Gasteiger partial charge in [0.25, 0.3) is 0 Å². The molecule has 0 saturated carbocycles. The lowest BCUT2D eigenvalue weighted by molar-refractivity contribution is 0.220. The van der Waals surface area contributed by atoms with E-state index in [0.717, 1.165) is 0 Å². The molecule has 0 fully saturated rings. The maximum atomic E-state index is 11.9. The highest BCUT2D eigenvalue weighted by atomic mass is 31.2. The van der Waals surface area contributed by atoms with E-state index >= 15 is 0 Å². The van der Waals surface area contributed by atoms with Crippen molar-refractivity contribution in [3.63, 3.8) is 0 Å². The van der Waals surface area contributed by atoms with Gasteiger partial charge in [0.1, 0.15) is 12.9 Å². The van der Waals surface area contributed by atoms with Crippen molar-refractivity contribution in [3.8, 4) is 0 Å². The molecule has 5 nitrogen and oxygen atoms in total. The summed E-state index contributed by atoms with van der Waals surface area (Å²) in [7, 11) is -3.07. The number of aliphatic imine (C=N–C) groups is 1. The fourth-order valence-electron chi connectivity index (χ4n) is 1.10. The zero-order chi connectivity index (χ0) is 11.1. The van der Waals surface area contributed by atoms with E-state index in [-0.39, 0.29) is 6.29 Å². The third kappa shape index (κ3) is 4.16. The Morgan fingerprint density at radius 2 is 2.13 bits per heavy atom. The van der Waals surface area contributed by atoms with Gasteiger partial charge in [-0.1, -0.05) is 0 Å². The Morgan fingerprint density at radius 3 is 2.60 bits per heavy atom. The molecule has 1 heterocycles. The van der Waals surface area contributed by atoms with Crippen LogP contribution in [0.3, 0.4) is 0 Å². The van der Waals surface area contributed by atoms with Gasteiger partial charge in [-0.15, -0.1) is 0 Å². The van der Waals surface area contributed by atoms with Crippen LogP contribution in [0.5, 0.6) is 0 Å². The van der Waals surface area contributed by atoms with E-state index in [1.807, 2.05) is 6.08 Å². The van der Waals surface area contributed by atoms with Crippen molar-refractivity contribution in [2.75, 3.05) is 26.1 Å². The Kier molecular flexibility index (Phi) is 5.02. The summed E-state index contributed by atoms with van der Waals surface area (Å²) in [6.07, 6.45) is 3.59. The normalized spacial score (nSPS) is 18.4. The Hall–Kier alpha value is -0.640. The van der Waals surface area contributed by atoms with Gasteiger partial charge in [-0.2, -0.15) is 0 Å². The predicted octanol–water partition coefficient (Wildman–Crippen LogP) is 2.19. The number of hydrogen-bond acceptors (Lipinski definition) is 5. The van der Waals surface area contributed by atoms with Gasteiger partial charge < -0.3 is 13.8 Å². The summed E-state index contributed by atoms with van der Waals surface area (Å²) < 4.78 is 27.2. The summed E-state index contributed by atoms with van der Waals surface area (Å²) in [5, 5.41) is 0. The summed E-state index contributed by atoms with van der Waals surface area (Å²) in [5.41, 5.74) is 0. The Balaban J connectivity index is 2.54. The van der Waals surface area contributed by atoms with Gasteiger partial charge in [0.05, 0.1) is 13.2 Å². The van der Waals surface area contributed by atoms with Gasteiger partial charge >= 0.3 is 7.60 Å². The fourth-order valence-corrected chi connectivity index (χ4v) is 2.43. The van der Waals surface area contributed by atoms with Crippen LogP contribution in [0.25, 0.3) is 0 Å². The Morgan fingerprint density at radius 1 is 1.47 bits per heavy atom. The van der Waals surface area contributed by atoms with E-state index in [1.54, 1.807) is 19.9 Å². The minimum Gasteiger partial charge on any atom is -0.474 e. The molecule has 0 atom stereocenters. The van der Waals surface area contributed by atoms with Crippen LogP contribution in [-0.2, 0) is 18.3 Å². The van der Waals surface area contributed by atoms with E-state index < -0.39 is 7.60 Å². The molecule has 0 amide bonds. The monoisotopic (exact) mass is 233 g/mol. The van der Waals surface area contributed by atoms with Gasteiger partial charge in [-0.25, -0.2) is 4.99 Å². The second-order valence-corrected chi connectivity index (χ2v) is 4.82. The highest BCUT2D eigenvalue weighted by Crippen LogP contribution is 2.47. The average Bonchev–Trinajstić information content (AvgIpc) is 2.68. The maximum absolute atomic E-state index is 11.9. The molecule has 0 N–H and O–H groups in total. The molecule has 1 aliphatic rings. The van der Waals surface area contributed by atoms with E-state index in [9.17, 15) is 4.57 Å². The smallest absolute Gasteiger partial charge is 0.352 e. The molecule has 1 rings (SSSR count). The lowest BCUT2D eigenvalue weighted by Crippen LogP contribution is -2.02. The SMILES string of the molecule is CCOP(=O)(CN=C1C=CCO1)OCC. The van der Waals surface area contributed by atoms with Gasteiger partial charge in [-0.3, -0.25) is 4.57 Å². The first-order valence-corrected chi connectivity index (χ1v) is 6.65. The van der Waals surface area contributed by atoms with Crippen LogP contribution in [0.1, 0.15) is 13.8 Å². The van der Waals surface area contributed by atoms with Crippen molar-refractivity contribution < 1.29 is 18.3 Å². The van der Waals surface area contributed by atoms with Crippen LogP contribution in [0, 0.1) is 0 Å².